The van der Waals surface area contributed by atoms with Crippen LogP contribution in [-0.4, -0.2) is 124 Å². The zero-order valence-electron chi connectivity index (χ0n) is 24.4. The van der Waals surface area contributed by atoms with Gasteiger partial charge in [0.1, 0.15) is 6.04 Å². The average molecular weight is 657 g/mol. The number of esters is 1. The van der Waals surface area contributed by atoms with Gasteiger partial charge in [-0.25, -0.2) is 0 Å². The molecule has 4 heterocycles. The SMILES string of the molecule is C=CCCCOC(=O)[C@H]1[C@H]2C(=O)N([C@@H](CO)[C@@H](C)CC)C(C(=O)N(CC=C)CCN3CCOCC3)C23CC(Br)[C@@H]1S3. The predicted molar refractivity (Wildman–Crippen MR) is 164 cm³/mol. The van der Waals surface area contributed by atoms with Crippen molar-refractivity contribution in [3.05, 3.63) is 25.3 Å². The van der Waals surface area contributed by atoms with Gasteiger partial charge < -0.3 is 24.4 Å². The first-order valence-corrected chi connectivity index (χ1v) is 16.8. The molecular formula is C30H46BrN3O6S. The smallest absolute Gasteiger partial charge is 0.310 e. The molecular weight excluding hydrogens is 610 g/mol. The van der Waals surface area contributed by atoms with E-state index in [0.717, 1.165) is 25.9 Å². The molecule has 0 aromatic heterocycles. The van der Waals surface area contributed by atoms with Gasteiger partial charge in [-0.05, 0) is 25.2 Å². The van der Waals surface area contributed by atoms with E-state index in [2.05, 4.69) is 34.0 Å². The monoisotopic (exact) mass is 655 g/mol. The minimum absolute atomic E-state index is 0.0260. The van der Waals surface area contributed by atoms with Crippen LogP contribution >= 0.6 is 27.7 Å². The number of aliphatic hydroxyl groups is 1. The van der Waals surface area contributed by atoms with Crippen LogP contribution in [0.25, 0.3) is 0 Å². The van der Waals surface area contributed by atoms with Crippen LogP contribution in [0.2, 0.25) is 0 Å². The lowest BCUT2D eigenvalue weighted by atomic mass is 9.71. The molecule has 230 valence electrons. The summed E-state index contributed by atoms with van der Waals surface area (Å²) in [7, 11) is 0. The zero-order valence-corrected chi connectivity index (χ0v) is 26.8. The minimum Gasteiger partial charge on any atom is -0.465 e. The fourth-order valence-corrected chi connectivity index (χ4v) is 10.6. The number of halogens is 1. The first kappa shape index (κ1) is 32.5. The molecule has 4 aliphatic heterocycles. The van der Waals surface area contributed by atoms with Gasteiger partial charge in [0.05, 0.1) is 49.1 Å². The third kappa shape index (κ3) is 6.30. The van der Waals surface area contributed by atoms with Gasteiger partial charge in [-0.1, -0.05) is 48.4 Å². The number of aliphatic hydroxyl groups excluding tert-OH is 1. The van der Waals surface area contributed by atoms with Crippen molar-refractivity contribution < 1.29 is 29.0 Å². The van der Waals surface area contributed by atoms with E-state index in [1.54, 1.807) is 33.7 Å². The lowest BCUT2D eigenvalue weighted by molar-refractivity contribution is -0.154. The van der Waals surface area contributed by atoms with Gasteiger partial charge >= 0.3 is 5.97 Å². The Balaban J connectivity index is 1.68. The second kappa shape index (κ2) is 14.4. The first-order valence-electron chi connectivity index (χ1n) is 15.0. The average Bonchev–Trinajstić information content (AvgIpc) is 3.57. The van der Waals surface area contributed by atoms with Crippen LogP contribution in [0.3, 0.4) is 0 Å². The fraction of sp³-hybridized carbons (Fsp3) is 0.767. The quantitative estimate of drug-likeness (QED) is 0.124. The third-order valence-electron chi connectivity index (χ3n) is 9.33. The fourth-order valence-electron chi connectivity index (χ4n) is 6.99. The Labute approximate surface area is 257 Å². The summed E-state index contributed by atoms with van der Waals surface area (Å²) in [6.45, 7) is 16.2. The van der Waals surface area contributed by atoms with Crippen LogP contribution in [0.1, 0.15) is 39.5 Å². The molecule has 2 bridgehead atoms. The van der Waals surface area contributed by atoms with E-state index < -0.39 is 28.7 Å². The molecule has 4 fully saturated rings. The maximum Gasteiger partial charge on any atom is 0.310 e. The molecule has 4 rings (SSSR count). The molecule has 8 atom stereocenters. The molecule has 4 aliphatic rings. The van der Waals surface area contributed by atoms with E-state index in [9.17, 15) is 19.5 Å². The van der Waals surface area contributed by atoms with Gasteiger partial charge in [-0.2, -0.15) is 0 Å². The summed E-state index contributed by atoms with van der Waals surface area (Å²) in [6, 6.07) is -1.31. The number of likely N-dealkylation sites (tertiary alicyclic amines) is 1. The molecule has 2 amide bonds. The second-order valence-corrected chi connectivity index (χ2v) is 14.4. The Bertz CT molecular complexity index is 980. The minimum atomic E-state index is -0.788. The summed E-state index contributed by atoms with van der Waals surface area (Å²) in [6.07, 6.45) is 6.26. The largest absolute Gasteiger partial charge is 0.465 e. The Morgan fingerprint density at radius 3 is 2.68 bits per heavy atom. The highest BCUT2D eigenvalue weighted by molar-refractivity contribution is 9.09. The number of morpholine rings is 1. The first-order chi connectivity index (χ1) is 19.7. The van der Waals surface area contributed by atoms with Gasteiger partial charge in [0.15, 0.2) is 0 Å². The number of allylic oxidation sites excluding steroid dienone is 1. The maximum atomic E-state index is 14.7. The van der Waals surface area contributed by atoms with Crippen LogP contribution in [0, 0.1) is 17.8 Å². The summed E-state index contributed by atoms with van der Waals surface area (Å²) in [4.78, 5) is 48.3. The summed E-state index contributed by atoms with van der Waals surface area (Å²) >= 11 is 5.41. The number of carbonyl (C=O) groups is 3. The van der Waals surface area contributed by atoms with E-state index in [1.807, 2.05) is 13.8 Å². The summed E-state index contributed by atoms with van der Waals surface area (Å²) < 4.78 is 10.4. The Kier molecular flexibility index (Phi) is 11.4. The summed E-state index contributed by atoms with van der Waals surface area (Å²) in [5.41, 5.74) is 0. The molecule has 0 aromatic rings. The molecule has 0 aliphatic carbocycles. The van der Waals surface area contributed by atoms with Crippen molar-refractivity contribution in [2.45, 2.75) is 66.4 Å². The number of fused-ring (bicyclic) bond motifs is 1. The normalized spacial score (nSPS) is 32.4. The summed E-state index contributed by atoms with van der Waals surface area (Å²) in [5, 5.41) is 10.4. The molecule has 1 N–H and O–H groups in total. The second-order valence-electron chi connectivity index (χ2n) is 11.7. The van der Waals surface area contributed by atoms with Crippen LogP contribution in [-0.2, 0) is 23.9 Å². The summed E-state index contributed by atoms with van der Waals surface area (Å²) in [5.74, 6) is -2.06. The lowest BCUT2D eigenvalue weighted by Crippen LogP contribution is -2.59. The van der Waals surface area contributed by atoms with Crippen LogP contribution in [0.5, 0.6) is 0 Å². The van der Waals surface area contributed by atoms with Gasteiger partial charge in [0, 0.05) is 42.8 Å². The number of hydrogen-bond donors (Lipinski definition) is 1. The number of nitrogens with zero attached hydrogens (tertiary/aromatic N) is 3. The van der Waals surface area contributed by atoms with E-state index >= 15 is 0 Å². The van der Waals surface area contributed by atoms with Gasteiger partial charge in [-0.15, -0.1) is 24.9 Å². The number of unbranched alkanes of at least 4 members (excludes halogenated alkanes) is 1. The molecule has 3 unspecified atom stereocenters. The van der Waals surface area contributed by atoms with Crippen molar-refractivity contribution in [3.63, 3.8) is 0 Å². The molecule has 1 spiro atoms. The molecule has 0 aromatic carbocycles. The van der Waals surface area contributed by atoms with E-state index in [0.29, 0.717) is 45.7 Å². The number of ether oxygens (including phenoxy) is 2. The lowest BCUT2D eigenvalue weighted by Gasteiger charge is -2.41. The molecule has 9 nitrogen and oxygen atoms in total. The molecule has 0 radical (unpaired) electrons. The number of carbonyl (C=O) groups excluding carboxylic acids is 3. The van der Waals surface area contributed by atoms with Crippen molar-refractivity contribution in [2.24, 2.45) is 17.8 Å². The molecule has 11 heteroatoms. The number of alkyl halides is 1. The number of hydrogen-bond acceptors (Lipinski definition) is 8. The Morgan fingerprint density at radius 1 is 1.32 bits per heavy atom. The predicted octanol–water partition coefficient (Wildman–Crippen LogP) is 2.71. The molecule has 4 saturated heterocycles. The Morgan fingerprint density at radius 2 is 2.05 bits per heavy atom. The standard InChI is InChI=1S/C30H46BrN3O6S/c1-5-8-9-15-40-29(38)23-24-27(36)34(22(19-35)20(4)7-3)26(30(24)18-21(31)25(23)41-30)28(37)33(10-6-2)12-11-32-13-16-39-17-14-32/h5-6,20-26,35H,1-2,7-19H2,3-4H3/t20-,21?,22-,23-,24-,25-,26?,30?/m0/s1. The number of thioether (sulfide) groups is 1. The molecule has 41 heavy (non-hydrogen) atoms. The van der Waals surface area contributed by atoms with E-state index in [4.69, 9.17) is 9.47 Å². The third-order valence-corrected chi connectivity index (χ3v) is 12.5. The van der Waals surface area contributed by atoms with Gasteiger partial charge in [-0.3, -0.25) is 19.3 Å². The van der Waals surface area contributed by atoms with Crippen molar-refractivity contribution >= 4 is 45.5 Å². The van der Waals surface area contributed by atoms with Crippen LogP contribution in [0.4, 0.5) is 0 Å². The highest BCUT2D eigenvalue weighted by atomic mass is 79.9. The van der Waals surface area contributed by atoms with E-state index in [-0.39, 0.29) is 47.0 Å². The maximum absolute atomic E-state index is 14.7. The van der Waals surface area contributed by atoms with Crippen molar-refractivity contribution in [2.75, 3.05) is 59.2 Å². The van der Waals surface area contributed by atoms with Gasteiger partial charge in [0.2, 0.25) is 11.8 Å². The number of rotatable bonds is 15. The van der Waals surface area contributed by atoms with Crippen LogP contribution < -0.4 is 0 Å². The van der Waals surface area contributed by atoms with Crippen molar-refractivity contribution in [1.29, 1.82) is 0 Å². The molecule has 0 saturated carbocycles. The van der Waals surface area contributed by atoms with Crippen molar-refractivity contribution in [1.82, 2.24) is 14.7 Å². The van der Waals surface area contributed by atoms with Gasteiger partial charge in [0.25, 0.3) is 0 Å². The topological polar surface area (TPSA) is 99.6 Å². The van der Waals surface area contributed by atoms with E-state index in [1.165, 1.54) is 0 Å². The van der Waals surface area contributed by atoms with Crippen molar-refractivity contribution in [3.8, 4) is 0 Å². The zero-order chi connectivity index (χ0) is 29.7. The number of amides is 2. The Hall–Kier alpha value is -1.40. The van der Waals surface area contributed by atoms with Crippen LogP contribution in [0.15, 0.2) is 25.3 Å². The highest BCUT2D eigenvalue weighted by Gasteiger charge is 2.76. The highest BCUT2D eigenvalue weighted by Crippen LogP contribution is 2.68.